The second-order valence-electron chi connectivity index (χ2n) is 6.24. The predicted octanol–water partition coefficient (Wildman–Crippen LogP) is 4.68. The zero-order valence-electron chi connectivity index (χ0n) is 16.0. The van der Waals surface area contributed by atoms with Gasteiger partial charge in [-0.1, -0.05) is 30.8 Å². The van der Waals surface area contributed by atoms with Crippen molar-refractivity contribution in [1.82, 2.24) is 0 Å². The van der Waals surface area contributed by atoms with Gasteiger partial charge in [-0.05, 0) is 50.5 Å². The van der Waals surface area contributed by atoms with Crippen LogP contribution >= 0.6 is 0 Å². The molecule has 0 unspecified atom stereocenters. The molecular formula is C22H23F2NO3. The summed E-state index contributed by atoms with van der Waals surface area (Å²) in [4.78, 5) is 25.7. The lowest BCUT2D eigenvalue weighted by molar-refractivity contribution is -0.141. The topological polar surface area (TPSA) is 46.6 Å². The summed E-state index contributed by atoms with van der Waals surface area (Å²) in [6, 6.07) is 10.9. The maximum atomic E-state index is 13.9. The van der Waals surface area contributed by atoms with Gasteiger partial charge in [0.1, 0.15) is 6.54 Å². The Bertz CT molecular complexity index is 880. The van der Waals surface area contributed by atoms with Gasteiger partial charge in [0.05, 0.1) is 12.3 Å². The van der Waals surface area contributed by atoms with Crippen LogP contribution in [0, 0.1) is 11.6 Å². The molecule has 0 fully saturated rings. The Balaban J connectivity index is 2.28. The molecule has 0 aliphatic rings. The van der Waals surface area contributed by atoms with E-state index in [1.165, 1.54) is 19.1 Å². The van der Waals surface area contributed by atoms with E-state index in [-0.39, 0.29) is 37.3 Å². The SMILES string of the molecule is C=C(CCc1cccc(F)c1F)N(CC(=O)OCC)c1ccccc1C(C)=O. The molecule has 0 spiro atoms. The van der Waals surface area contributed by atoms with Crippen molar-refractivity contribution in [3.8, 4) is 0 Å². The van der Waals surface area contributed by atoms with Crippen LogP contribution < -0.4 is 4.90 Å². The number of nitrogens with zero attached hydrogens (tertiary/aromatic N) is 1. The standard InChI is InChI=1S/C22H23F2NO3/c1-4-28-21(27)14-25(20-11-6-5-9-18(20)16(3)26)15(2)12-13-17-8-7-10-19(23)22(17)24/h5-11H,2,4,12-14H2,1,3H3. The number of esters is 1. The molecule has 0 aromatic heterocycles. The maximum absolute atomic E-state index is 13.9. The summed E-state index contributed by atoms with van der Waals surface area (Å²) in [7, 11) is 0. The molecule has 28 heavy (non-hydrogen) atoms. The number of halogens is 2. The number of carbonyl (C=O) groups excluding carboxylic acids is 2. The van der Waals surface area contributed by atoms with Crippen molar-refractivity contribution in [3.05, 3.63) is 77.5 Å². The molecule has 0 radical (unpaired) electrons. The first-order valence-electron chi connectivity index (χ1n) is 8.99. The number of benzene rings is 2. The van der Waals surface area contributed by atoms with Crippen LogP contribution in [0.2, 0.25) is 0 Å². The lowest BCUT2D eigenvalue weighted by Gasteiger charge is -2.27. The fourth-order valence-electron chi connectivity index (χ4n) is 2.87. The molecule has 4 nitrogen and oxygen atoms in total. The van der Waals surface area contributed by atoms with Crippen molar-refractivity contribution in [2.75, 3.05) is 18.1 Å². The Labute approximate surface area is 163 Å². The number of Topliss-reactive ketones (excluding diaryl/α,β-unsaturated/α-hetero) is 1. The summed E-state index contributed by atoms with van der Waals surface area (Å²) in [5.74, 6) is -2.43. The van der Waals surface area contributed by atoms with Crippen LogP contribution in [0.25, 0.3) is 0 Å². The van der Waals surface area contributed by atoms with Crippen LogP contribution in [0.15, 0.2) is 54.7 Å². The van der Waals surface area contributed by atoms with Gasteiger partial charge in [-0.25, -0.2) is 8.78 Å². The Morgan fingerprint density at radius 1 is 1.11 bits per heavy atom. The fraction of sp³-hybridized carbons (Fsp3) is 0.273. The smallest absolute Gasteiger partial charge is 0.325 e. The number of ether oxygens (including phenoxy) is 1. The summed E-state index contributed by atoms with van der Waals surface area (Å²) >= 11 is 0. The van der Waals surface area contributed by atoms with Crippen molar-refractivity contribution >= 4 is 17.4 Å². The van der Waals surface area contributed by atoms with Crippen molar-refractivity contribution in [2.45, 2.75) is 26.7 Å². The van der Waals surface area contributed by atoms with Crippen molar-refractivity contribution < 1.29 is 23.1 Å². The second-order valence-corrected chi connectivity index (χ2v) is 6.24. The number of hydrogen-bond donors (Lipinski definition) is 0. The van der Waals surface area contributed by atoms with E-state index in [1.54, 1.807) is 36.1 Å². The summed E-state index contributed by atoms with van der Waals surface area (Å²) in [6.07, 6.45) is 0.468. The van der Waals surface area contributed by atoms with Gasteiger partial charge in [0.15, 0.2) is 17.4 Å². The van der Waals surface area contributed by atoms with Gasteiger partial charge >= 0.3 is 5.97 Å². The lowest BCUT2D eigenvalue weighted by atomic mass is 10.0. The van der Waals surface area contributed by atoms with Crippen molar-refractivity contribution in [2.24, 2.45) is 0 Å². The van der Waals surface area contributed by atoms with E-state index in [0.29, 0.717) is 16.9 Å². The van der Waals surface area contributed by atoms with Gasteiger partial charge in [-0.3, -0.25) is 9.59 Å². The molecule has 2 rings (SSSR count). The van der Waals surface area contributed by atoms with Crippen LogP contribution in [0.1, 0.15) is 36.2 Å². The first-order chi connectivity index (χ1) is 13.3. The van der Waals surface area contributed by atoms with E-state index < -0.39 is 17.6 Å². The molecule has 0 atom stereocenters. The minimum Gasteiger partial charge on any atom is -0.465 e. The summed E-state index contributed by atoms with van der Waals surface area (Å²) in [6.45, 7) is 7.23. The molecule has 0 aliphatic heterocycles. The highest BCUT2D eigenvalue weighted by atomic mass is 19.2. The van der Waals surface area contributed by atoms with E-state index in [0.717, 1.165) is 6.07 Å². The van der Waals surface area contributed by atoms with Crippen LogP contribution in [-0.2, 0) is 16.0 Å². The van der Waals surface area contributed by atoms with Crippen LogP contribution in [0.5, 0.6) is 0 Å². The molecule has 0 N–H and O–H groups in total. The minimum absolute atomic E-state index is 0.136. The van der Waals surface area contributed by atoms with E-state index in [2.05, 4.69) is 6.58 Å². The number of anilines is 1. The second kappa shape index (κ2) is 9.78. The number of ketones is 1. The first kappa shape index (κ1) is 21.3. The van der Waals surface area contributed by atoms with Crippen molar-refractivity contribution in [1.29, 1.82) is 0 Å². The number of aryl methyl sites for hydroxylation is 1. The molecule has 0 heterocycles. The fourth-order valence-corrected chi connectivity index (χ4v) is 2.87. The Hall–Kier alpha value is -3.02. The van der Waals surface area contributed by atoms with Gasteiger partial charge in [0, 0.05) is 11.3 Å². The highest BCUT2D eigenvalue weighted by Crippen LogP contribution is 2.26. The van der Waals surface area contributed by atoms with Gasteiger partial charge in [0.25, 0.3) is 0 Å². The summed E-state index contributed by atoms with van der Waals surface area (Å²) in [5, 5.41) is 0. The van der Waals surface area contributed by atoms with Crippen LogP contribution in [0.4, 0.5) is 14.5 Å². The van der Waals surface area contributed by atoms with Gasteiger partial charge < -0.3 is 9.64 Å². The largest absolute Gasteiger partial charge is 0.465 e. The van der Waals surface area contributed by atoms with Crippen LogP contribution in [0.3, 0.4) is 0 Å². The quantitative estimate of drug-likeness (QED) is 0.463. The van der Waals surface area contributed by atoms with Gasteiger partial charge in [-0.15, -0.1) is 0 Å². The average Bonchev–Trinajstić information content (AvgIpc) is 2.67. The molecule has 0 bridgehead atoms. The Morgan fingerprint density at radius 3 is 2.50 bits per heavy atom. The molecule has 0 saturated carbocycles. The van der Waals surface area contributed by atoms with E-state index in [1.807, 2.05) is 0 Å². The zero-order valence-corrected chi connectivity index (χ0v) is 16.0. The third kappa shape index (κ3) is 5.25. The molecule has 2 aromatic carbocycles. The number of rotatable bonds is 9. The number of carbonyl (C=O) groups is 2. The van der Waals surface area contributed by atoms with Gasteiger partial charge in [-0.2, -0.15) is 0 Å². The average molecular weight is 387 g/mol. The van der Waals surface area contributed by atoms with Gasteiger partial charge in [0.2, 0.25) is 0 Å². The van der Waals surface area contributed by atoms with E-state index in [9.17, 15) is 18.4 Å². The third-order valence-electron chi connectivity index (χ3n) is 4.26. The number of hydrogen-bond acceptors (Lipinski definition) is 4. The third-order valence-corrected chi connectivity index (χ3v) is 4.26. The highest BCUT2D eigenvalue weighted by molar-refractivity contribution is 6.00. The van der Waals surface area contributed by atoms with E-state index in [4.69, 9.17) is 4.74 Å². The summed E-state index contributed by atoms with van der Waals surface area (Å²) < 4.78 is 32.4. The van der Waals surface area contributed by atoms with Crippen LogP contribution in [-0.4, -0.2) is 24.9 Å². The first-order valence-corrected chi connectivity index (χ1v) is 8.99. The lowest BCUT2D eigenvalue weighted by Crippen LogP contribution is -2.31. The maximum Gasteiger partial charge on any atom is 0.325 e. The van der Waals surface area contributed by atoms with Crippen molar-refractivity contribution in [3.63, 3.8) is 0 Å². The minimum atomic E-state index is -0.909. The number of allylic oxidation sites excluding steroid dienone is 1. The molecule has 2 aromatic rings. The Kier molecular flexibility index (Phi) is 7.44. The molecule has 148 valence electrons. The highest BCUT2D eigenvalue weighted by Gasteiger charge is 2.20. The predicted molar refractivity (Wildman–Crippen MR) is 104 cm³/mol. The molecule has 0 aliphatic carbocycles. The molecular weight excluding hydrogens is 364 g/mol. The molecule has 0 saturated heterocycles. The molecule has 0 amide bonds. The monoisotopic (exact) mass is 387 g/mol. The Morgan fingerprint density at radius 2 is 1.82 bits per heavy atom. The zero-order chi connectivity index (χ0) is 20.7. The molecule has 6 heteroatoms. The number of para-hydroxylation sites is 1. The van der Waals surface area contributed by atoms with E-state index >= 15 is 0 Å². The summed E-state index contributed by atoms with van der Waals surface area (Å²) in [5.41, 5.74) is 1.67. The normalized spacial score (nSPS) is 10.4.